The van der Waals surface area contributed by atoms with E-state index in [-0.39, 0.29) is 23.6 Å². The summed E-state index contributed by atoms with van der Waals surface area (Å²) in [6.07, 6.45) is 1.57. The van der Waals surface area contributed by atoms with E-state index >= 15 is 0 Å². The first-order valence-electron chi connectivity index (χ1n) is 8.91. The van der Waals surface area contributed by atoms with Crippen LogP contribution in [0.25, 0.3) is 11.0 Å². The Labute approximate surface area is 165 Å². The smallest absolute Gasteiger partial charge is 0.290 e. The molecule has 0 fully saturated rings. The van der Waals surface area contributed by atoms with Crippen LogP contribution in [0.5, 0.6) is 0 Å². The van der Waals surface area contributed by atoms with Gasteiger partial charge in [-0.2, -0.15) is 0 Å². The fraction of sp³-hybridized carbons (Fsp3) is 0.182. The van der Waals surface area contributed by atoms with Gasteiger partial charge >= 0.3 is 0 Å². The molecule has 0 N–H and O–H groups in total. The van der Waals surface area contributed by atoms with Gasteiger partial charge in [-0.25, -0.2) is 0 Å². The van der Waals surface area contributed by atoms with Gasteiger partial charge in [-0.05, 0) is 54.6 Å². The predicted molar refractivity (Wildman–Crippen MR) is 109 cm³/mol. The van der Waals surface area contributed by atoms with Gasteiger partial charge in [-0.15, -0.1) is 11.3 Å². The Bertz CT molecular complexity index is 1140. The van der Waals surface area contributed by atoms with Crippen LogP contribution in [0.4, 0.5) is 0 Å². The van der Waals surface area contributed by atoms with Crippen molar-refractivity contribution >= 4 is 28.2 Å². The highest BCUT2D eigenvalue weighted by Gasteiger charge is 2.22. The molecular weight excluding hydrogens is 374 g/mol. The summed E-state index contributed by atoms with van der Waals surface area (Å²) in [6.45, 7) is 4.54. The molecule has 0 atom stereocenters. The lowest BCUT2D eigenvalue weighted by Crippen LogP contribution is -2.30. The van der Waals surface area contributed by atoms with Crippen LogP contribution >= 0.6 is 11.3 Å². The molecule has 1 aromatic carbocycles. The van der Waals surface area contributed by atoms with Crippen molar-refractivity contribution in [3.63, 3.8) is 0 Å². The number of thiophene rings is 1. The highest BCUT2D eigenvalue weighted by Crippen LogP contribution is 2.22. The largest absolute Gasteiger partial charge is 0.467 e. The molecule has 0 saturated carbocycles. The van der Waals surface area contributed by atoms with Gasteiger partial charge < -0.3 is 13.7 Å². The zero-order valence-corrected chi connectivity index (χ0v) is 16.4. The number of amides is 1. The maximum Gasteiger partial charge on any atom is 0.290 e. The molecule has 3 heterocycles. The van der Waals surface area contributed by atoms with Crippen molar-refractivity contribution in [1.82, 2.24) is 4.90 Å². The van der Waals surface area contributed by atoms with Crippen LogP contribution in [0.3, 0.4) is 0 Å². The molecule has 0 aliphatic carbocycles. The second-order valence-corrected chi connectivity index (χ2v) is 7.71. The molecule has 5 nitrogen and oxygen atoms in total. The van der Waals surface area contributed by atoms with Crippen LogP contribution in [-0.2, 0) is 13.1 Å². The lowest BCUT2D eigenvalue weighted by atomic mass is 10.1. The molecule has 28 heavy (non-hydrogen) atoms. The van der Waals surface area contributed by atoms with E-state index in [1.165, 1.54) is 6.07 Å². The second-order valence-electron chi connectivity index (χ2n) is 6.68. The molecule has 0 aliphatic rings. The van der Waals surface area contributed by atoms with Crippen LogP contribution in [0.2, 0.25) is 0 Å². The van der Waals surface area contributed by atoms with E-state index in [9.17, 15) is 9.59 Å². The van der Waals surface area contributed by atoms with Crippen molar-refractivity contribution in [3.05, 3.63) is 91.9 Å². The Balaban J connectivity index is 1.75. The molecule has 0 bridgehead atoms. The van der Waals surface area contributed by atoms with Crippen molar-refractivity contribution in [3.8, 4) is 0 Å². The van der Waals surface area contributed by atoms with Crippen LogP contribution in [0.1, 0.15) is 32.3 Å². The van der Waals surface area contributed by atoms with E-state index in [0.29, 0.717) is 23.3 Å². The summed E-state index contributed by atoms with van der Waals surface area (Å²) >= 11 is 1.57. The molecule has 3 aromatic heterocycles. The van der Waals surface area contributed by atoms with Crippen LogP contribution in [0.15, 0.2) is 67.7 Å². The third-order valence-electron chi connectivity index (χ3n) is 4.77. The number of hydrogen-bond acceptors (Lipinski definition) is 5. The summed E-state index contributed by atoms with van der Waals surface area (Å²) in [5.74, 6) is 0.360. The highest BCUT2D eigenvalue weighted by molar-refractivity contribution is 7.09. The molecule has 0 unspecified atom stereocenters. The number of aryl methyl sites for hydroxylation is 2. The summed E-state index contributed by atoms with van der Waals surface area (Å²) in [5.41, 5.74) is 2.11. The lowest BCUT2D eigenvalue weighted by Gasteiger charge is -2.20. The highest BCUT2D eigenvalue weighted by atomic mass is 32.1. The van der Waals surface area contributed by atoms with E-state index in [4.69, 9.17) is 8.83 Å². The number of nitrogens with zero attached hydrogens (tertiary/aromatic N) is 1. The number of carbonyl (C=O) groups excluding carboxylic acids is 1. The van der Waals surface area contributed by atoms with Gasteiger partial charge in [0.25, 0.3) is 5.91 Å². The molecule has 4 rings (SSSR count). The molecule has 6 heteroatoms. The Hall–Kier alpha value is -3.12. The second kappa shape index (κ2) is 7.48. The van der Waals surface area contributed by atoms with Crippen LogP contribution < -0.4 is 5.43 Å². The van der Waals surface area contributed by atoms with E-state index in [1.807, 2.05) is 43.5 Å². The number of hydrogen-bond donors (Lipinski definition) is 0. The first kappa shape index (κ1) is 18.3. The summed E-state index contributed by atoms with van der Waals surface area (Å²) in [5, 5.41) is 2.45. The Morgan fingerprint density at radius 2 is 1.96 bits per heavy atom. The fourth-order valence-corrected chi connectivity index (χ4v) is 3.81. The molecule has 0 aliphatic heterocycles. The first-order chi connectivity index (χ1) is 13.5. The number of fused-ring (bicyclic) bond motifs is 1. The number of carbonyl (C=O) groups is 1. The quantitative estimate of drug-likeness (QED) is 0.483. The molecule has 0 saturated heterocycles. The zero-order valence-electron chi connectivity index (χ0n) is 15.6. The summed E-state index contributed by atoms with van der Waals surface area (Å²) in [4.78, 5) is 28.5. The monoisotopic (exact) mass is 393 g/mol. The minimum absolute atomic E-state index is 0.0364. The maximum absolute atomic E-state index is 13.2. The molecule has 0 radical (unpaired) electrons. The summed E-state index contributed by atoms with van der Waals surface area (Å²) in [7, 11) is 0. The van der Waals surface area contributed by atoms with E-state index in [1.54, 1.807) is 34.6 Å². The van der Waals surface area contributed by atoms with E-state index in [0.717, 1.165) is 16.0 Å². The minimum atomic E-state index is -0.343. The third kappa shape index (κ3) is 3.51. The van der Waals surface area contributed by atoms with Gasteiger partial charge in [0, 0.05) is 10.9 Å². The molecule has 142 valence electrons. The third-order valence-corrected chi connectivity index (χ3v) is 5.63. The lowest BCUT2D eigenvalue weighted by molar-refractivity contribution is 0.0687. The summed E-state index contributed by atoms with van der Waals surface area (Å²) in [6, 6.07) is 12.4. The SMILES string of the molecule is Cc1ccc2c(=O)cc(C(=O)N(Cc3ccco3)Cc3cccs3)oc2c1C. The Morgan fingerprint density at radius 3 is 2.68 bits per heavy atom. The standard InChI is InChI=1S/C22H19NO4S/c1-14-7-8-18-19(24)11-20(27-21(18)15(14)2)22(25)23(12-16-5-3-9-26-16)13-17-6-4-10-28-17/h3-11H,12-13H2,1-2H3. The maximum atomic E-state index is 13.2. The van der Waals surface area contributed by atoms with Crippen LogP contribution in [0, 0.1) is 13.8 Å². The Kier molecular flexibility index (Phi) is 4.88. The molecule has 4 aromatic rings. The van der Waals surface area contributed by atoms with Crippen molar-refractivity contribution in [2.45, 2.75) is 26.9 Å². The molecule has 1 amide bonds. The number of benzene rings is 1. The molecule has 0 spiro atoms. The topological polar surface area (TPSA) is 63.7 Å². The van der Waals surface area contributed by atoms with E-state index in [2.05, 4.69) is 0 Å². The van der Waals surface area contributed by atoms with Crippen molar-refractivity contribution in [2.75, 3.05) is 0 Å². The van der Waals surface area contributed by atoms with Gasteiger partial charge in [0.2, 0.25) is 0 Å². The fourth-order valence-electron chi connectivity index (χ4n) is 3.09. The average Bonchev–Trinajstić information content (AvgIpc) is 3.38. The number of rotatable bonds is 5. The van der Waals surface area contributed by atoms with Crippen molar-refractivity contribution in [1.29, 1.82) is 0 Å². The average molecular weight is 393 g/mol. The van der Waals surface area contributed by atoms with Crippen molar-refractivity contribution < 1.29 is 13.6 Å². The van der Waals surface area contributed by atoms with Gasteiger partial charge in [-0.3, -0.25) is 9.59 Å². The van der Waals surface area contributed by atoms with E-state index < -0.39 is 0 Å². The van der Waals surface area contributed by atoms with Gasteiger partial charge in [0.05, 0.1) is 24.7 Å². The summed E-state index contributed by atoms with van der Waals surface area (Å²) < 4.78 is 11.3. The van der Waals surface area contributed by atoms with Crippen molar-refractivity contribution in [2.24, 2.45) is 0 Å². The van der Waals surface area contributed by atoms with Gasteiger partial charge in [-0.1, -0.05) is 12.1 Å². The van der Waals surface area contributed by atoms with Crippen LogP contribution in [-0.4, -0.2) is 10.8 Å². The van der Waals surface area contributed by atoms with Gasteiger partial charge in [0.15, 0.2) is 11.2 Å². The minimum Gasteiger partial charge on any atom is -0.467 e. The zero-order chi connectivity index (χ0) is 19.7. The predicted octanol–water partition coefficient (Wildman–Crippen LogP) is 4.91. The Morgan fingerprint density at radius 1 is 1.11 bits per heavy atom. The first-order valence-corrected chi connectivity index (χ1v) is 9.79. The molecular formula is C22H19NO4S. The number of furan rings is 1. The van der Waals surface area contributed by atoms with Gasteiger partial charge in [0.1, 0.15) is 11.3 Å². The normalized spacial score (nSPS) is 11.1.